The molecule has 0 radical (unpaired) electrons. The Balaban J connectivity index is 2.15. The molecule has 0 amide bonds. The Kier molecular flexibility index (Phi) is 2.99. The van der Waals surface area contributed by atoms with Crippen LogP contribution in [0.1, 0.15) is 18.9 Å². The molecule has 1 aromatic heterocycles. The van der Waals surface area contributed by atoms with Gasteiger partial charge >= 0.3 is 0 Å². The zero-order chi connectivity index (χ0) is 12.7. The minimum atomic E-state index is -0.296. The molecule has 0 atom stereocenters. The number of hydrogen-bond acceptors (Lipinski definition) is 3. The summed E-state index contributed by atoms with van der Waals surface area (Å²) in [6.45, 7) is 1.42. The van der Waals surface area contributed by atoms with Crippen LogP contribution in [0.5, 0.6) is 0 Å². The van der Waals surface area contributed by atoms with Crippen LogP contribution in [0.3, 0.4) is 0 Å². The van der Waals surface area contributed by atoms with E-state index in [0.29, 0.717) is 29.2 Å². The van der Waals surface area contributed by atoms with Gasteiger partial charge in [0.15, 0.2) is 0 Å². The zero-order valence-electron chi connectivity index (χ0n) is 9.70. The van der Waals surface area contributed by atoms with Crippen LogP contribution in [0.4, 0.5) is 10.3 Å². The molecular formula is C12H13BrFN3O. The number of nitrogen functional groups attached to an aromatic ring is 1. The highest BCUT2D eigenvalue weighted by atomic mass is 79.9. The van der Waals surface area contributed by atoms with Gasteiger partial charge in [-0.2, -0.15) is 0 Å². The number of ether oxygens (including phenoxy) is 1. The number of anilines is 1. The first kappa shape index (κ1) is 11.9. The molecule has 1 saturated heterocycles. The molecule has 4 nitrogen and oxygen atoms in total. The lowest BCUT2D eigenvalue weighted by Crippen LogP contribution is -2.20. The predicted molar refractivity (Wildman–Crippen MR) is 70.9 cm³/mol. The highest BCUT2D eigenvalue weighted by Gasteiger charge is 2.21. The highest BCUT2D eigenvalue weighted by Crippen LogP contribution is 2.31. The smallest absolute Gasteiger partial charge is 0.201 e. The largest absolute Gasteiger partial charge is 0.381 e. The number of fused-ring (bicyclic) bond motifs is 1. The molecule has 2 aromatic rings. The standard InChI is InChI=1S/C12H13BrFN3O/c13-8-5-10-11(6-9(8)14)17(12(15)16-10)7-1-3-18-4-2-7/h5-7H,1-4H2,(H2,15,16). The molecule has 18 heavy (non-hydrogen) atoms. The van der Waals surface area contributed by atoms with Gasteiger partial charge in [-0.1, -0.05) is 0 Å². The summed E-state index contributed by atoms with van der Waals surface area (Å²) in [5.74, 6) is 0.144. The van der Waals surface area contributed by atoms with Crippen LogP contribution in [0.15, 0.2) is 16.6 Å². The monoisotopic (exact) mass is 313 g/mol. The molecule has 0 bridgehead atoms. The van der Waals surface area contributed by atoms with Crippen molar-refractivity contribution in [2.75, 3.05) is 18.9 Å². The molecule has 1 aromatic carbocycles. The third-order valence-electron chi connectivity index (χ3n) is 3.31. The lowest BCUT2D eigenvalue weighted by Gasteiger charge is -2.24. The van der Waals surface area contributed by atoms with Crippen molar-refractivity contribution >= 4 is 32.9 Å². The van der Waals surface area contributed by atoms with Crippen molar-refractivity contribution in [3.8, 4) is 0 Å². The molecule has 2 heterocycles. The summed E-state index contributed by atoms with van der Waals surface area (Å²) in [4.78, 5) is 4.29. The second-order valence-electron chi connectivity index (χ2n) is 4.44. The molecule has 96 valence electrons. The van der Waals surface area contributed by atoms with Crippen LogP contribution in [0.2, 0.25) is 0 Å². The Morgan fingerprint density at radius 1 is 1.39 bits per heavy atom. The first-order valence-corrected chi connectivity index (χ1v) is 6.66. The molecule has 0 saturated carbocycles. The molecule has 0 unspecified atom stereocenters. The van der Waals surface area contributed by atoms with Crippen LogP contribution < -0.4 is 5.73 Å². The van der Waals surface area contributed by atoms with Crippen molar-refractivity contribution < 1.29 is 9.13 Å². The fourth-order valence-electron chi connectivity index (χ4n) is 2.44. The van der Waals surface area contributed by atoms with E-state index in [-0.39, 0.29) is 11.9 Å². The SMILES string of the molecule is Nc1nc2cc(Br)c(F)cc2n1C1CCOCC1. The number of benzene rings is 1. The van der Waals surface area contributed by atoms with Crippen molar-refractivity contribution in [2.45, 2.75) is 18.9 Å². The molecule has 1 fully saturated rings. The summed E-state index contributed by atoms with van der Waals surface area (Å²) >= 11 is 3.16. The van der Waals surface area contributed by atoms with Gasteiger partial charge in [0, 0.05) is 25.3 Å². The maximum Gasteiger partial charge on any atom is 0.201 e. The Bertz CT molecular complexity index is 593. The van der Waals surface area contributed by atoms with Gasteiger partial charge in [0.2, 0.25) is 5.95 Å². The van der Waals surface area contributed by atoms with E-state index in [1.807, 2.05) is 4.57 Å². The van der Waals surface area contributed by atoms with E-state index in [2.05, 4.69) is 20.9 Å². The average Bonchev–Trinajstić information content (AvgIpc) is 2.66. The van der Waals surface area contributed by atoms with Gasteiger partial charge in [-0.25, -0.2) is 9.37 Å². The number of halogens is 2. The lowest BCUT2D eigenvalue weighted by molar-refractivity contribution is 0.0711. The quantitative estimate of drug-likeness (QED) is 0.880. The van der Waals surface area contributed by atoms with E-state index in [0.717, 1.165) is 18.4 Å². The van der Waals surface area contributed by atoms with Gasteiger partial charge in [-0.15, -0.1) is 0 Å². The van der Waals surface area contributed by atoms with Gasteiger partial charge in [-0.05, 0) is 34.8 Å². The predicted octanol–water partition coefficient (Wildman–Crippen LogP) is 2.87. The fraction of sp³-hybridized carbons (Fsp3) is 0.417. The van der Waals surface area contributed by atoms with Gasteiger partial charge < -0.3 is 15.0 Å². The molecule has 0 aliphatic carbocycles. The molecule has 2 N–H and O–H groups in total. The van der Waals surface area contributed by atoms with E-state index in [1.54, 1.807) is 6.07 Å². The summed E-state index contributed by atoms with van der Waals surface area (Å²) in [5, 5.41) is 0. The Labute approximate surface area is 112 Å². The second kappa shape index (κ2) is 4.51. The van der Waals surface area contributed by atoms with Crippen LogP contribution in [-0.4, -0.2) is 22.8 Å². The van der Waals surface area contributed by atoms with Gasteiger partial charge in [0.1, 0.15) is 5.82 Å². The summed E-state index contributed by atoms with van der Waals surface area (Å²) in [6.07, 6.45) is 1.76. The third-order valence-corrected chi connectivity index (χ3v) is 3.92. The third kappa shape index (κ3) is 1.89. The second-order valence-corrected chi connectivity index (χ2v) is 5.29. The van der Waals surface area contributed by atoms with Crippen molar-refractivity contribution in [3.05, 3.63) is 22.4 Å². The fourth-order valence-corrected chi connectivity index (χ4v) is 2.77. The van der Waals surface area contributed by atoms with Crippen molar-refractivity contribution in [1.82, 2.24) is 9.55 Å². The van der Waals surface area contributed by atoms with E-state index in [4.69, 9.17) is 10.5 Å². The summed E-state index contributed by atoms with van der Waals surface area (Å²) in [6, 6.07) is 3.39. The van der Waals surface area contributed by atoms with Gasteiger partial charge in [-0.3, -0.25) is 0 Å². The maximum atomic E-state index is 13.7. The average molecular weight is 314 g/mol. The molecule has 3 rings (SSSR count). The molecular weight excluding hydrogens is 301 g/mol. The minimum absolute atomic E-state index is 0.240. The first-order valence-electron chi connectivity index (χ1n) is 5.87. The normalized spacial score (nSPS) is 17.4. The van der Waals surface area contributed by atoms with Crippen LogP contribution >= 0.6 is 15.9 Å². The Hall–Kier alpha value is -1.14. The molecule has 1 aliphatic rings. The number of hydrogen-bond donors (Lipinski definition) is 1. The van der Waals surface area contributed by atoms with Gasteiger partial charge in [0.05, 0.1) is 15.5 Å². The highest BCUT2D eigenvalue weighted by molar-refractivity contribution is 9.10. The summed E-state index contributed by atoms with van der Waals surface area (Å²) < 4.78 is 21.3. The van der Waals surface area contributed by atoms with Gasteiger partial charge in [0.25, 0.3) is 0 Å². The van der Waals surface area contributed by atoms with Crippen molar-refractivity contribution in [1.29, 1.82) is 0 Å². The Morgan fingerprint density at radius 3 is 2.83 bits per heavy atom. The van der Waals surface area contributed by atoms with Crippen LogP contribution in [0.25, 0.3) is 11.0 Å². The molecule has 0 spiro atoms. The maximum absolute atomic E-state index is 13.7. The number of nitrogens with two attached hydrogens (primary N) is 1. The van der Waals surface area contributed by atoms with E-state index in [9.17, 15) is 4.39 Å². The Morgan fingerprint density at radius 2 is 2.11 bits per heavy atom. The summed E-state index contributed by atoms with van der Waals surface area (Å²) in [5.41, 5.74) is 7.42. The molecule has 1 aliphatic heterocycles. The molecule has 6 heteroatoms. The van der Waals surface area contributed by atoms with Crippen LogP contribution in [0, 0.1) is 5.82 Å². The van der Waals surface area contributed by atoms with E-state index < -0.39 is 0 Å². The number of rotatable bonds is 1. The number of aromatic nitrogens is 2. The number of nitrogens with zero attached hydrogens (tertiary/aromatic N) is 2. The zero-order valence-corrected chi connectivity index (χ0v) is 11.3. The minimum Gasteiger partial charge on any atom is -0.381 e. The van der Waals surface area contributed by atoms with Crippen molar-refractivity contribution in [2.24, 2.45) is 0 Å². The topological polar surface area (TPSA) is 53.1 Å². The van der Waals surface area contributed by atoms with E-state index >= 15 is 0 Å². The van der Waals surface area contributed by atoms with Crippen LogP contribution in [-0.2, 0) is 4.74 Å². The first-order chi connectivity index (χ1) is 8.66. The lowest BCUT2D eigenvalue weighted by atomic mass is 10.1. The summed E-state index contributed by atoms with van der Waals surface area (Å²) in [7, 11) is 0. The van der Waals surface area contributed by atoms with Crippen molar-refractivity contribution in [3.63, 3.8) is 0 Å². The number of imidazole rings is 1. The van der Waals surface area contributed by atoms with E-state index in [1.165, 1.54) is 6.07 Å².